The Morgan fingerprint density at radius 3 is 2.47 bits per heavy atom. The first-order chi connectivity index (χ1) is 7.15. The molecule has 0 unspecified atom stereocenters. The fraction of sp³-hybridized carbons (Fsp3) is 0.636. The van der Waals surface area contributed by atoms with Gasteiger partial charge in [-0.15, -0.1) is 0 Å². The summed E-state index contributed by atoms with van der Waals surface area (Å²) >= 11 is 0. The van der Waals surface area contributed by atoms with E-state index in [-0.39, 0.29) is 17.4 Å². The molecule has 0 aromatic rings. The first kappa shape index (κ1) is 11.6. The van der Waals surface area contributed by atoms with Crippen LogP contribution in [0.15, 0.2) is 11.3 Å². The van der Waals surface area contributed by atoms with Crippen LogP contribution in [0.3, 0.4) is 0 Å². The number of nitrogens with zero attached hydrogens (tertiary/aromatic N) is 1. The molecule has 0 bridgehead atoms. The van der Waals surface area contributed by atoms with Gasteiger partial charge < -0.3 is 10.4 Å². The number of aliphatic hydroxyl groups excluding tert-OH is 1. The number of rotatable bonds is 2. The summed E-state index contributed by atoms with van der Waals surface area (Å²) in [5.74, 6) is -0.671. The van der Waals surface area contributed by atoms with Gasteiger partial charge in [0.25, 0.3) is 5.91 Å². The first-order valence-electron chi connectivity index (χ1n) is 5.26. The molecule has 0 spiro atoms. The molecule has 2 N–H and O–H groups in total. The number of aliphatic hydroxyl groups is 1. The van der Waals surface area contributed by atoms with Crippen molar-refractivity contribution in [2.45, 2.75) is 45.1 Å². The first-order valence-corrected chi connectivity index (χ1v) is 5.26. The smallest absolute Gasteiger partial charge is 0.265 e. The second-order valence-electron chi connectivity index (χ2n) is 3.88. The molecular weight excluding hydrogens is 192 g/mol. The van der Waals surface area contributed by atoms with Crippen molar-refractivity contribution in [3.05, 3.63) is 11.3 Å². The lowest BCUT2D eigenvalue weighted by Crippen LogP contribution is -2.37. The van der Waals surface area contributed by atoms with E-state index in [9.17, 15) is 4.79 Å². The quantitative estimate of drug-likeness (QED) is 0.413. The van der Waals surface area contributed by atoms with Crippen LogP contribution >= 0.6 is 0 Å². The Bertz CT molecular complexity index is 305. The van der Waals surface area contributed by atoms with Crippen LogP contribution in [-0.4, -0.2) is 17.1 Å². The number of nitrogens with one attached hydrogen (secondary N) is 1. The van der Waals surface area contributed by atoms with Gasteiger partial charge in [-0.05, 0) is 19.8 Å². The largest absolute Gasteiger partial charge is 0.511 e. The van der Waals surface area contributed by atoms with Gasteiger partial charge in [0.1, 0.15) is 11.8 Å². The average molecular weight is 208 g/mol. The molecule has 1 amide bonds. The van der Waals surface area contributed by atoms with Gasteiger partial charge in [0.05, 0.1) is 0 Å². The highest BCUT2D eigenvalue weighted by molar-refractivity contribution is 5.97. The number of amides is 1. The molecule has 1 aliphatic rings. The topological polar surface area (TPSA) is 73.1 Å². The molecule has 0 aromatic heterocycles. The van der Waals surface area contributed by atoms with Crippen LogP contribution in [0.5, 0.6) is 0 Å². The average Bonchev–Trinajstić information content (AvgIpc) is 2.19. The lowest BCUT2D eigenvalue weighted by Gasteiger charge is -2.22. The van der Waals surface area contributed by atoms with E-state index in [2.05, 4.69) is 5.32 Å². The van der Waals surface area contributed by atoms with E-state index in [4.69, 9.17) is 10.4 Å². The lowest BCUT2D eigenvalue weighted by atomic mass is 9.95. The third-order valence-corrected chi connectivity index (χ3v) is 2.64. The van der Waals surface area contributed by atoms with E-state index in [1.165, 1.54) is 13.3 Å². The van der Waals surface area contributed by atoms with Crippen LogP contribution in [-0.2, 0) is 4.79 Å². The molecule has 15 heavy (non-hydrogen) atoms. The summed E-state index contributed by atoms with van der Waals surface area (Å²) in [4.78, 5) is 11.5. The molecule has 4 heteroatoms. The number of carbonyl (C=O) groups is 1. The van der Waals surface area contributed by atoms with E-state index in [0.29, 0.717) is 0 Å². The van der Waals surface area contributed by atoms with Gasteiger partial charge in [0.2, 0.25) is 0 Å². The molecule has 1 fully saturated rings. The van der Waals surface area contributed by atoms with Crippen molar-refractivity contribution < 1.29 is 9.90 Å². The van der Waals surface area contributed by atoms with Crippen molar-refractivity contribution in [1.82, 2.24) is 5.32 Å². The SMILES string of the molecule is C/C(O)=C(\C#N)C(=O)NC1CCCCC1. The number of carbonyl (C=O) groups excluding carboxylic acids is 1. The maximum Gasteiger partial charge on any atom is 0.265 e. The molecule has 1 aliphatic carbocycles. The van der Waals surface area contributed by atoms with Crippen LogP contribution < -0.4 is 5.32 Å². The molecular formula is C11H16N2O2. The van der Waals surface area contributed by atoms with Crippen molar-refractivity contribution in [2.75, 3.05) is 0 Å². The minimum Gasteiger partial charge on any atom is -0.511 e. The number of hydrogen-bond acceptors (Lipinski definition) is 3. The van der Waals surface area contributed by atoms with Crippen LogP contribution in [0, 0.1) is 11.3 Å². The molecule has 0 radical (unpaired) electrons. The second kappa shape index (κ2) is 5.40. The molecule has 1 saturated carbocycles. The van der Waals surface area contributed by atoms with Gasteiger partial charge in [0, 0.05) is 6.04 Å². The maximum absolute atomic E-state index is 11.5. The summed E-state index contributed by atoms with van der Waals surface area (Å²) in [5, 5.41) is 20.5. The van der Waals surface area contributed by atoms with Gasteiger partial charge in [-0.3, -0.25) is 4.79 Å². The minimum absolute atomic E-state index is 0.161. The Labute approximate surface area is 89.6 Å². The van der Waals surface area contributed by atoms with E-state index in [1.807, 2.05) is 0 Å². The molecule has 0 aromatic carbocycles. The Balaban J connectivity index is 2.55. The van der Waals surface area contributed by atoms with E-state index < -0.39 is 5.91 Å². The third-order valence-electron chi connectivity index (χ3n) is 2.64. The zero-order valence-electron chi connectivity index (χ0n) is 8.92. The molecule has 4 nitrogen and oxygen atoms in total. The number of allylic oxidation sites excluding steroid dienone is 1. The summed E-state index contributed by atoms with van der Waals surface area (Å²) in [6.07, 6.45) is 5.39. The zero-order chi connectivity index (χ0) is 11.3. The van der Waals surface area contributed by atoms with Crippen molar-refractivity contribution in [3.8, 4) is 6.07 Å². The summed E-state index contributed by atoms with van der Waals surface area (Å²) in [5.41, 5.74) is -0.180. The Morgan fingerprint density at radius 1 is 1.40 bits per heavy atom. The van der Waals surface area contributed by atoms with Crippen molar-refractivity contribution in [3.63, 3.8) is 0 Å². The van der Waals surface area contributed by atoms with Gasteiger partial charge in [-0.25, -0.2) is 0 Å². The summed E-state index contributed by atoms with van der Waals surface area (Å²) in [6.45, 7) is 1.35. The molecule has 1 rings (SSSR count). The van der Waals surface area contributed by atoms with E-state index in [0.717, 1.165) is 25.7 Å². The Hall–Kier alpha value is -1.50. The normalized spacial score (nSPS) is 18.9. The monoisotopic (exact) mass is 208 g/mol. The van der Waals surface area contributed by atoms with Gasteiger partial charge in [-0.1, -0.05) is 19.3 Å². The van der Waals surface area contributed by atoms with Crippen LogP contribution in [0.1, 0.15) is 39.0 Å². The van der Waals surface area contributed by atoms with Crippen LogP contribution in [0.25, 0.3) is 0 Å². The number of nitriles is 1. The fourth-order valence-electron chi connectivity index (χ4n) is 1.80. The van der Waals surface area contributed by atoms with Crippen LogP contribution in [0.4, 0.5) is 0 Å². The predicted octanol–water partition coefficient (Wildman–Crippen LogP) is 1.79. The Morgan fingerprint density at radius 2 is 2.00 bits per heavy atom. The van der Waals surface area contributed by atoms with Crippen LogP contribution in [0.2, 0.25) is 0 Å². The van der Waals surface area contributed by atoms with E-state index >= 15 is 0 Å². The van der Waals surface area contributed by atoms with Crippen molar-refractivity contribution in [2.24, 2.45) is 0 Å². The van der Waals surface area contributed by atoms with Crippen molar-refractivity contribution >= 4 is 5.91 Å². The standard InChI is InChI=1S/C11H16N2O2/c1-8(14)10(7-12)11(15)13-9-5-3-2-4-6-9/h9,14H,2-6H2,1H3,(H,13,15)/b10-8-. The van der Waals surface area contributed by atoms with Gasteiger partial charge >= 0.3 is 0 Å². The van der Waals surface area contributed by atoms with E-state index in [1.54, 1.807) is 6.07 Å². The highest BCUT2D eigenvalue weighted by Crippen LogP contribution is 2.17. The third kappa shape index (κ3) is 3.28. The molecule has 0 heterocycles. The Kier molecular flexibility index (Phi) is 4.17. The zero-order valence-corrected chi connectivity index (χ0v) is 8.92. The molecule has 0 atom stereocenters. The minimum atomic E-state index is -0.454. The maximum atomic E-state index is 11.5. The lowest BCUT2D eigenvalue weighted by molar-refractivity contribution is -0.118. The summed E-state index contributed by atoms with van der Waals surface area (Å²) < 4.78 is 0. The van der Waals surface area contributed by atoms with Gasteiger partial charge in [0.15, 0.2) is 5.57 Å². The molecule has 0 aliphatic heterocycles. The summed E-state index contributed by atoms with van der Waals surface area (Å²) in [6, 6.07) is 1.87. The molecule has 82 valence electrons. The fourth-order valence-corrected chi connectivity index (χ4v) is 1.80. The number of hydrogen-bond donors (Lipinski definition) is 2. The molecule has 0 saturated heterocycles. The van der Waals surface area contributed by atoms with Gasteiger partial charge in [-0.2, -0.15) is 5.26 Å². The van der Waals surface area contributed by atoms with Crippen molar-refractivity contribution in [1.29, 1.82) is 5.26 Å². The highest BCUT2D eigenvalue weighted by atomic mass is 16.3. The highest BCUT2D eigenvalue weighted by Gasteiger charge is 2.19. The summed E-state index contributed by atoms with van der Waals surface area (Å²) in [7, 11) is 0. The predicted molar refractivity (Wildman–Crippen MR) is 56.0 cm³/mol. The second-order valence-corrected chi connectivity index (χ2v) is 3.88.